The third-order valence-corrected chi connectivity index (χ3v) is 3.13. The number of hydrogen-bond acceptors (Lipinski definition) is 3. The first-order valence-electron chi connectivity index (χ1n) is 5.96. The Morgan fingerprint density at radius 1 is 1.29 bits per heavy atom. The normalized spacial score (nSPS) is 12.7. The van der Waals surface area contributed by atoms with E-state index in [4.69, 9.17) is 4.74 Å². The molecule has 21 heavy (non-hydrogen) atoms. The van der Waals surface area contributed by atoms with Crippen molar-refractivity contribution in [3.05, 3.63) is 28.5 Å². The number of hydrogen-bond donors (Lipinski definition) is 0. The average molecular weight is 365 g/mol. The molecule has 1 aromatic heterocycles. The second-order valence-electron chi connectivity index (χ2n) is 5.42. The molecule has 114 valence electrons. The van der Waals surface area contributed by atoms with Gasteiger partial charge in [0, 0.05) is 4.47 Å². The summed E-state index contributed by atoms with van der Waals surface area (Å²) in [6.45, 7) is 5.00. The van der Waals surface area contributed by atoms with Crippen LogP contribution < -0.4 is 0 Å². The Balaban J connectivity index is 2.57. The third-order valence-electron chi connectivity index (χ3n) is 2.52. The van der Waals surface area contributed by atoms with Gasteiger partial charge in [0.1, 0.15) is 17.4 Å². The number of alkyl halides is 3. The van der Waals surface area contributed by atoms with Crippen molar-refractivity contribution in [3.8, 4) is 0 Å². The highest BCUT2D eigenvalue weighted by atomic mass is 79.9. The minimum Gasteiger partial charge on any atom is -0.443 e. The molecule has 0 atom stereocenters. The third kappa shape index (κ3) is 3.37. The van der Waals surface area contributed by atoms with E-state index in [0.717, 1.165) is 23.0 Å². The fourth-order valence-corrected chi connectivity index (χ4v) is 2.25. The fraction of sp³-hybridized carbons (Fsp3) is 0.385. The van der Waals surface area contributed by atoms with E-state index < -0.39 is 23.4 Å². The van der Waals surface area contributed by atoms with E-state index >= 15 is 0 Å². The lowest BCUT2D eigenvalue weighted by molar-refractivity contribution is -0.137. The van der Waals surface area contributed by atoms with Gasteiger partial charge in [-0.2, -0.15) is 13.2 Å². The van der Waals surface area contributed by atoms with Crippen LogP contribution in [0, 0.1) is 0 Å². The predicted octanol–water partition coefficient (Wildman–Crippen LogP) is 4.60. The molecule has 0 bridgehead atoms. The quantitative estimate of drug-likeness (QED) is 0.685. The van der Waals surface area contributed by atoms with Crippen LogP contribution >= 0.6 is 15.9 Å². The SMILES string of the molecule is CC(C)(C)OC(=O)n1cnc2c(Br)cc(C(F)(F)F)cc21. The molecule has 0 unspecified atom stereocenters. The number of halogens is 4. The maximum absolute atomic E-state index is 12.8. The number of carbonyl (C=O) groups excluding carboxylic acids is 1. The van der Waals surface area contributed by atoms with Gasteiger partial charge in [-0.1, -0.05) is 0 Å². The molecule has 0 amide bonds. The number of aromatic nitrogens is 2. The predicted molar refractivity (Wildman–Crippen MR) is 74.1 cm³/mol. The molecule has 0 N–H and O–H groups in total. The van der Waals surface area contributed by atoms with Gasteiger partial charge in [0.25, 0.3) is 0 Å². The Bertz CT molecular complexity index is 702. The highest BCUT2D eigenvalue weighted by Crippen LogP contribution is 2.35. The van der Waals surface area contributed by atoms with Gasteiger partial charge in [0.05, 0.1) is 11.1 Å². The topological polar surface area (TPSA) is 44.1 Å². The van der Waals surface area contributed by atoms with Crippen LogP contribution in [0.3, 0.4) is 0 Å². The molecule has 0 aliphatic heterocycles. The van der Waals surface area contributed by atoms with Gasteiger partial charge in [0.15, 0.2) is 0 Å². The zero-order valence-corrected chi connectivity index (χ0v) is 13.0. The van der Waals surface area contributed by atoms with Crippen LogP contribution in [0.15, 0.2) is 22.9 Å². The highest BCUT2D eigenvalue weighted by Gasteiger charge is 2.32. The molecule has 1 heterocycles. The largest absolute Gasteiger partial charge is 0.443 e. The van der Waals surface area contributed by atoms with Gasteiger partial charge in [0.2, 0.25) is 0 Å². The van der Waals surface area contributed by atoms with Crippen LogP contribution in [0.25, 0.3) is 11.0 Å². The summed E-state index contributed by atoms with van der Waals surface area (Å²) in [5.74, 6) is 0. The lowest BCUT2D eigenvalue weighted by Gasteiger charge is -2.19. The number of ether oxygens (including phenoxy) is 1. The van der Waals surface area contributed by atoms with Crippen molar-refractivity contribution in [1.29, 1.82) is 0 Å². The minimum absolute atomic E-state index is 0.0333. The Morgan fingerprint density at radius 2 is 1.90 bits per heavy atom. The van der Waals surface area contributed by atoms with Gasteiger partial charge in [-0.05, 0) is 48.8 Å². The smallest absolute Gasteiger partial charge is 0.420 e. The highest BCUT2D eigenvalue weighted by molar-refractivity contribution is 9.10. The van der Waals surface area contributed by atoms with E-state index in [1.807, 2.05) is 0 Å². The molecule has 2 rings (SSSR count). The zero-order chi connectivity index (χ0) is 16.0. The van der Waals surface area contributed by atoms with Crippen LogP contribution in [-0.4, -0.2) is 21.2 Å². The molecule has 8 heteroatoms. The number of rotatable bonds is 0. The standard InChI is InChI=1S/C13H12BrF3N2O2/c1-12(2,3)21-11(20)19-6-18-10-8(14)4-7(5-9(10)19)13(15,16)17/h4-6H,1-3H3. The van der Waals surface area contributed by atoms with Crippen LogP contribution in [0.4, 0.5) is 18.0 Å². The Morgan fingerprint density at radius 3 is 2.43 bits per heavy atom. The first kappa shape index (κ1) is 15.8. The lowest BCUT2D eigenvalue weighted by Crippen LogP contribution is -2.26. The van der Waals surface area contributed by atoms with Gasteiger partial charge < -0.3 is 4.74 Å². The number of imidazole rings is 1. The molecule has 0 saturated heterocycles. The van der Waals surface area contributed by atoms with E-state index in [2.05, 4.69) is 20.9 Å². The van der Waals surface area contributed by atoms with Crippen molar-refractivity contribution >= 4 is 33.1 Å². The molecular formula is C13H12BrF3N2O2. The summed E-state index contributed by atoms with van der Waals surface area (Å²) in [4.78, 5) is 16.0. The van der Waals surface area contributed by atoms with E-state index in [0.29, 0.717) is 0 Å². The molecule has 4 nitrogen and oxygen atoms in total. The first-order chi connectivity index (χ1) is 9.49. The molecule has 0 fully saturated rings. The molecule has 2 aromatic rings. The van der Waals surface area contributed by atoms with Crippen molar-refractivity contribution in [2.45, 2.75) is 32.5 Å². The number of benzene rings is 1. The van der Waals surface area contributed by atoms with Gasteiger partial charge >= 0.3 is 12.3 Å². The second-order valence-corrected chi connectivity index (χ2v) is 6.27. The van der Waals surface area contributed by atoms with Crippen molar-refractivity contribution in [1.82, 2.24) is 9.55 Å². The van der Waals surface area contributed by atoms with E-state index in [-0.39, 0.29) is 15.5 Å². The van der Waals surface area contributed by atoms with Crippen molar-refractivity contribution in [2.24, 2.45) is 0 Å². The molecule has 0 saturated carbocycles. The fourth-order valence-electron chi connectivity index (χ4n) is 1.69. The summed E-state index contributed by atoms with van der Waals surface area (Å²) in [5, 5.41) is 0. The molecule has 1 aromatic carbocycles. The van der Waals surface area contributed by atoms with Crippen molar-refractivity contribution in [3.63, 3.8) is 0 Å². The maximum atomic E-state index is 12.8. The van der Waals surface area contributed by atoms with Gasteiger partial charge in [-0.3, -0.25) is 0 Å². The van der Waals surface area contributed by atoms with Crippen molar-refractivity contribution < 1.29 is 22.7 Å². The van der Waals surface area contributed by atoms with Crippen LogP contribution in [0.1, 0.15) is 26.3 Å². The van der Waals surface area contributed by atoms with E-state index in [1.54, 1.807) is 20.8 Å². The Kier molecular flexibility index (Phi) is 3.77. The van der Waals surface area contributed by atoms with Crippen molar-refractivity contribution in [2.75, 3.05) is 0 Å². The first-order valence-corrected chi connectivity index (χ1v) is 6.75. The summed E-state index contributed by atoms with van der Waals surface area (Å²) < 4.78 is 44.8. The van der Waals surface area contributed by atoms with Gasteiger partial charge in [-0.25, -0.2) is 14.3 Å². The molecule has 0 radical (unpaired) electrons. The monoisotopic (exact) mass is 364 g/mol. The number of carbonyl (C=O) groups is 1. The molecular weight excluding hydrogens is 353 g/mol. The maximum Gasteiger partial charge on any atom is 0.420 e. The number of nitrogens with zero attached hydrogens (tertiary/aromatic N) is 2. The van der Waals surface area contributed by atoms with Gasteiger partial charge in [-0.15, -0.1) is 0 Å². The van der Waals surface area contributed by atoms with Crippen LogP contribution in [-0.2, 0) is 10.9 Å². The lowest BCUT2D eigenvalue weighted by atomic mass is 10.2. The van der Waals surface area contributed by atoms with E-state index in [1.165, 1.54) is 0 Å². The molecule has 0 spiro atoms. The Hall–Kier alpha value is -1.57. The summed E-state index contributed by atoms with van der Waals surface area (Å²) in [6, 6.07) is 1.80. The number of fused-ring (bicyclic) bond motifs is 1. The van der Waals surface area contributed by atoms with Crippen LogP contribution in [0.5, 0.6) is 0 Å². The van der Waals surface area contributed by atoms with Crippen LogP contribution in [0.2, 0.25) is 0 Å². The minimum atomic E-state index is -4.51. The molecule has 0 aliphatic rings. The summed E-state index contributed by atoms with van der Waals surface area (Å²) in [6.07, 6.45) is -4.15. The second kappa shape index (κ2) is 5.01. The molecule has 0 aliphatic carbocycles. The Labute approximate surface area is 127 Å². The zero-order valence-electron chi connectivity index (χ0n) is 11.5. The van der Waals surface area contributed by atoms with E-state index in [9.17, 15) is 18.0 Å². The summed E-state index contributed by atoms with van der Waals surface area (Å²) in [7, 11) is 0. The average Bonchev–Trinajstić information content (AvgIpc) is 2.69. The summed E-state index contributed by atoms with van der Waals surface area (Å²) in [5.41, 5.74) is -1.33. The summed E-state index contributed by atoms with van der Waals surface area (Å²) >= 11 is 3.04.